The number of fused-ring (bicyclic) bond motifs is 1. The molecule has 0 spiro atoms. The van der Waals surface area contributed by atoms with E-state index in [0.29, 0.717) is 11.1 Å². The normalized spacial score (nSPS) is 12.9. The molecular weight excluding hydrogens is 192 g/mol. The predicted molar refractivity (Wildman–Crippen MR) is 57.9 cm³/mol. The third-order valence-corrected chi connectivity index (χ3v) is 2.32. The van der Waals surface area contributed by atoms with Crippen LogP contribution in [0.3, 0.4) is 0 Å². The van der Waals surface area contributed by atoms with Gasteiger partial charge in [0.25, 0.3) is 0 Å². The van der Waals surface area contributed by atoms with Crippen molar-refractivity contribution < 1.29 is 9.90 Å². The van der Waals surface area contributed by atoms with Crippen LogP contribution < -0.4 is 5.73 Å². The molecule has 1 aromatic heterocycles. The van der Waals surface area contributed by atoms with Gasteiger partial charge in [-0.3, -0.25) is 4.79 Å². The van der Waals surface area contributed by atoms with Crippen LogP contribution in [0.15, 0.2) is 24.3 Å². The van der Waals surface area contributed by atoms with Gasteiger partial charge in [0.15, 0.2) is 5.78 Å². The molecule has 2 rings (SSSR count). The summed E-state index contributed by atoms with van der Waals surface area (Å²) in [4.78, 5) is 14.5. The Kier molecular flexibility index (Phi) is 2.21. The van der Waals surface area contributed by atoms with Crippen molar-refractivity contribution in [3.05, 3.63) is 30.0 Å². The monoisotopic (exact) mass is 204 g/mol. The summed E-state index contributed by atoms with van der Waals surface area (Å²) in [6.07, 6.45) is 0. The number of carbonyl (C=O) groups excluding carboxylic acids is 1. The number of benzene rings is 1. The first kappa shape index (κ1) is 9.73. The second kappa shape index (κ2) is 3.40. The lowest BCUT2D eigenvalue weighted by atomic mass is 10.1. The highest BCUT2D eigenvalue weighted by molar-refractivity contribution is 6.03. The SMILES string of the molecule is CC(N)C(=O)c1cc2c(O)cccc2[nH]1. The molecule has 0 aliphatic carbocycles. The molecule has 1 aromatic carbocycles. The number of aromatic hydroxyl groups is 1. The number of phenolic OH excluding ortho intramolecular Hbond substituents is 1. The molecule has 1 unspecified atom stereocenters. The summed E-state index contributed by atoms with van der Waals surface area (Å²) < 4.78 is 0. The molecule has 4 N–H and O–H groups in total. The number of Topliss-reactive ketones (excluding diaryl/α,β-unsaturated/α-hetero) is 1. The van der Waals surface area contributed by atoms with E-state index in [4.69, 9.17) is 5.73 Å². The third kappa shape index (κ3) is 1.59. The van der Waals surface area contributed by atoms with E-state index in [1.807, 2.05) is 0 Å². The van der Waals surface area contributed by atoms with Gasteiger partial charge in [-0.25, -0.2) is 0 Å². The molecule has 1 heterocycles. The molecule has 78 valence electrons. The minimum atomic E-state index is -0.541. The minimum absolute atomic E-state index is 0.160. The Morgan fingerprint density at radius 2 is 2.27 bits per heavy atom. The molecule has 0 fully saturated rings. The van der Waals surface area contributed by atoms with Crippen LogP contribution in [0.4, 0.5) is 0 Å². The van der Waals surface area contributed by atoms with Crippen molar-refractivity contribution in [2.24, 2.45) is 5.73 Å². The van der Waals surface area contributed by atoms with Crippen molar-refractivity contribution >= 4 is 16.7 Å². The van der Waals surface area contributed by atoms with Crippen molar-refractivity contribution in [3.63, 3.8) is 0 Å². The van der Waals surface area contributed by atoms with Crippen LogP contribution in [0.1, 0.15) is 17.4 Å². The van der Waals surface area contributed by atoms with E-state index >= 15 is 0 Å². The maximum Gasteiger partial charge on any atom is 0.195 e. The van der Waals surface area contributed by atoms with E-state index in [1.54, 1.807) is 31.2 Å². The van der Waals surface area contributed by atoms with Crippen molar-refractivity contribution in [1.29, 1.82) is 0 Å². The van der Waals surface area contributed by atoms with E-state index in [1.165, 1.54) is 0 Å². The fourth-order valence-electron chi connectivity index (χ4n) is 1.52. The van der Waals surface area contributed by atoms with Gasteiger partial charge in [0.1, 0.15) is 5.75 Å². The molecule has 2 aromatic rings. The molecule has 0 saturated carbocycles. The van der Waals surface area contributed by atoms with Gasteiger partial charge in [0.05, 0.1) is 11.7 Å². The number of aromatic amines is 1. The quantitative estimate of drug-likeness (QED) is 0.647. The van der Waals surface area contributed by atoms with E-state index < -0.39 is 6.04 Å². The molecule has 0 saturated heterocycles. The number of aromatic nitrogens is 1. The minimum Gasteiger partial charge on any atom is -0.507 e. The molecule has 4 nitrogen and oxygen atoms in total. The number of phenols is 1. The van der Waals surface area contributed by atoms with Gasteiger partial charge >= 0.3 is 0 Å². The lowest BCUT2D eigenvalue weighted by Gasteiger charge is -1.99. The first-order chi connectivity index (χ1) is 7.09. The van der Waals surface area contributed by atoms with Gasteiger partial charge in [-0.15, -0.1) is 0 Å². The number of hydrogen-bond acceptors (Lipinski definition) is 3. The first-order valence-corrected chi connectivity index (χ1v) is 4.70. The summed E-state index contributed by atoms with van der Waals surface area (Å²) in [5.74, 6) is -0.00178. The topological polar surface area (TPSA) is 79.1 Å². The predicted octanol–water partition coefficient (Wildman–Crippen LogP) is 1.40. The molecule has 0 bridgehead atoms. The van der Waals surface area contributed by atoms with Crippen LogP contribution in [0, 0.1) is 0 Å². The van der Waals surface area contributed by atoms with E-state index in [0.717, 1.165) is 5.52 Å². The van der Waals surface area contributed by atoms with Gasteiger partial charge in [-0.1, -0.05) is 6.07 Å². The Morgan fingerprint density at radius 3 is 2.87 bits per heavy atom. The second-order valence-corrected chi connectivity index (χ2v) is 3.57. The number of H-pyrrole nitrogens is 1. The summed E-state index contributed by atoms with van der Waals surface area (Å²) >= 11 is 0. The van der Waals surface area contributed by atoms with Crippen molar-refractivity contribution in [2.45, 2.75) is 13.0 Å². The van der Waals surface area contributed by atoms with Gasteiger partial charge < -0.3 is 15.8 Å². The van der Waals surface area contributed by atoms with Crippen molar-refractivity contribution in [3.8, 4) is 5.75 Å². The second-order valence-electron chi connectivity index (χ2n) is 3.57. The molecule has 0 amide bonds. The number of ketones is 1. The van der Waals surface area contributed by atoms with Crippen molar-refractivity contribution in [1.82, 2.24) is 4.98 Å². The highest BCUT2D eigenvalue weighted by Gasteiger charge is 2.14. The Labute approximate surface area is 86.7 Å². The zero-order chi connectivity index (χ0) is 11.0. The summed E-state index contributed by atoms with van der Waals surface area (Å²) in [6, 6.07) is 6.17. The Hall–Kier alpha value is -1.81. The highest BCUT2D eigenvalue weighted by atomic mass is 16.3. The van der Waals surface area contributed by atoms with Crippen LogP contribution in [-0.2, 0) is 0 Å². The Morgan fingerprint density at radius 1 is 1.53 bits per heavy atom. The van der Waals surface area contributed by atoms with E-state index in [9.17, 15) is 9.90 Å². The lowest BCUT2D eigenvalue weighted by Crippen LogP contribution is -2.26. The van der Waals surface area contributed by atoms with E-state index in [2.05, 4.69) is 4.98 Å². The van der Waals surface area contributed by atoms with Crippen LogP contribution in [-0.4, -0.2) is 21.9 Å². The molecular formula is C11H12N2O2. The number of rotatable bonds is 2. The summed E-state index contributed by atoms with van der Waals surface area (Å²) in [7, 11) is 0. The highest BCUT2D eigenvalue weighted by Crippen LogP contribution is 2.25. The summed E-state index contributed by atoms with van der Waals surface area (Å²) in [5.41, 5.74) is 6.66. The maximum atomic E-state index is 11.6. The smallest absolute Gasteiger partial charge is 0.195 e. The van der Waals surface area contributed by atoms with Gasteiger partial charge in [-0.2, -0.15) is 0 Å². The molecule has 0 radical (unpaired) electrons. The van der Waals surface area contributed by atoms with Gasteiger partial charge in [-0.05, 0) is 25.1 Å². The Balaban J connectivity index is 2.57. The first-order valence-electron chi connectivity index (χ1n) is 4.70. The third-order valence-electron chi connectivity index (χ3n) is 2.32. The zero-order valence-corrected chi connectivity index (χ0v) is 8.32. The van der Waals surface area contributed by atoms with E-state index in [-0.39, 0.29) is 11.5 Å². The number of nitrogens with one attached hydrogen (secondary N) is 1. The lowest BCUT2D eigenvalue weighted by molar-refractivity contribution is 0.0964. The van der Waals surface area contributed by atoms with Gasteiger partial charge in [0, 0.05) is 10.9 Å². The standard InChI is InChI=1S/C11H12N2O2/c1-6(12)11(15)9-5-7-8(13-9)3-2-4-10(7)14/h2-6,13-14H,12H2,1H3. The molecule has 4 heteroatoms. The van der Waals surface area contributed by atoms with Crippen LogP contribution in [0.2, 0.25) is 0 Å². The fourth-order valence-corrected chi connectivity index (χ4v) is 1.52. The molecule has 0 aliphatic heterocycles. The fraction of sp³-hybridized carbons (Fsp3) is 0.182. The number of carbonyl (C=O) groups is 1. The van der Waals surface area contributed by atoms with Crippen LogP contribution in [0.5, 0.6) is 5.75 Å². The molecule has 1 atom stereocenters. The zero-order valence-electron chi connectivity index (χ0n) is 8.32. The maximum absolute atomic E-state index is 11.6. The van der Waals surface area contributed by atoms with Crippen LogP contribution >= 0.6 is 0 Å². The Bertz CT molecular complexity index is 514. The molecule has 0 aliphatic rings. The van der Waals surface area contributed by atoms with Crippen LogP contribution in [0.25, 0.3) is 10.9 Å². The average molecular weight is 204 g/mol. The average Bonchev–Trinajstić information content (AvgIpc) is 2.61. The number of nitrogens with two attached hydrogens (primary N) is 1. The molecule has 15 heavy (non-hydrogen) atoms. The summed E-state index contributed by atoms with van der Waals surface area (Å²) in [5, 5.41) is 10.2. The largest absolute Gasteiger partial charge is 0.507 e. The van der Waals surface area contributed by atoms with Gasteiger partial charge in [0.2, 0.25) is 0 Å². The van der Waals surface area contributed by atoms with Crippen molar-refractivity contribution in [2.75, 3.05) is 0 Å². The number of hydrogen-bond donors (Lipinski definition) is 3. The summed E-state index contributed by atoms with van der Waals surface area (Å²) in [6.45, 7) is 1.63.